The Hall–Kier alpha value is -5.27. The number of amides is 6. The van der Waals surface area contributed by atoms with Crippen molar-refractivity contribution in [3.8, 4) is 0 Å². The second kappa shape index (κ2) is 16.0. The van der Waals surface area contributed by atoms with Gasteiger partial charge in [0.05, 0.1) is 0 Å². The molecule has 41 heavy (non-hydrogen) atoms. The number of carbonyl (C=O) groups is 6. The third kappa shape index (κ3) is 12.0. The van der Waals surface area contributed by atoms with Crippen molar-refractivity contribution in [1.82, 2.24) is 26.4 Å². The lowest BCUT2D eigenvalue weighted by Gasteiger charge is -2.24. The Morgan fingerprint density at radius 3 is 2.15 bits per heavy atom. The molecule has 0 aliphatic rings. The van der Waals surface area contributed by atoms with Crippen LogP contribution in [0.25, 0.3) is 0 Å². The number of alkyl carbamates (subject to hydrolysis) is 1. The molecule has 0 saturated carbocycles. The number of ether oxygens (including phenoxy) is 1. The van der Waals surface area contributed by atoms with Crippen LogP contribution in [0.2, 0.25) is 0 Å². The topological polar surface area (TPSA) is 189 Å². The van der Waals surface area contributed by atoms with Gasteiger partial charge in [-0.05, 0) is 37.1 Å². The van der Waals surface area contributed by atoms with Crippen molar-refractivity contribution >= 4 is 35.6 Å². The van der Waals surface area contributed by atoms with Gasteiger partial charge in [0.2, 0.25) is 17.7 Å². The van der Waals surface area contributed by atoms with Crippen LogP contribution >= 0.6 is 0 Å². The molecule has 0 aliphatic heterocycles. The zero-order valence-corrected chi connectivity index (χ0v) is 22.4. The van der Waals surface area contributed by atoms with Gasteiger partial charge >= 0.3 is 6.09 Å². The van der Waals surface area contributed by atoms with Crippen molar-refractivity contribution in [2.45, 2.75) is 39.1 Å². The number of hydrazine groups is 1. The first-order chi connectivity index (χ1) is 19.4. The van der Waals surface area contributed by atoms with Gasteiger partial charge < -0.3 is 26.4 Å². The van der Waals surface area contributed by atoms with Gasteiger partial charge in [0.1, 0.15) is 31.1 Å². The van der Waals surface area contributed by atoms with Crippen LogP contribution in [0.5, 0.6) is 0 Å². The van der Waals surface area contributed by atoms with Crippen LogP contribution in [-0.4, -0.2) is 59.3 Å². The van der Waals surface area contributed by atoms with E-state index in [1.165, 1.54) is 38.1 Å². The SMILES string of the molecule is CC(NC(=O)OCc1ccccc1)C(=O)NC(C)C(=O)NN(CC(N)=O)C(=O)/C=C/C(=O)NCc1ccc(F)cc1. The van der Waals surface area contributed by atoms with Crippen LogP contribution in [0.4, 0.5) is 9.18 Å². The normalized spacial score (nSPS) is 12.0. The molecule has 2 atom stereocenters. The zero-order valence-electron chi connectivity index (χ0n) is 22.4. The van der Waals surface area contributed by atoms with Gasteiger partial charge in [-0.15, -0.1) is 0 Å². The summed E-state index contributed by atoms with van der Waals surface area (Å²) in [4.78, 5) is 73.0. The number of hydrogen-bond acceptors (Lipinski definition) is 7. The van der Waals surface area contributed by atoms with E-state index in [-0.39, 0.29) is 13.2 Å². The molecule has 0 saturated heterocycles. The number of rotatable bonds is 12. The molecule has 0 heterocycles. The zero-order chi connectivity index (χ0) is 30.4. The van der Waals surface area contributed by atoms with Crippen LogP contribution in [0.3, 0.4) is 0 Å². The second-order valence-corrected chi connectivity index (χ2v) is 8.70. The molecule has 0 spiro atoms. The van der Waals surface area contributed by atoms with Gasteiger partial charge in [0.25, 0.3) is 11.8 Å². The third-order valence-electron chi connectivity index (χ3n) is 5.27. The highest BCUT2D eigenvalue weighted by atomic mass is 19.1. The molecular formula is C27H31FN6O7. The van der Waals surface area contributed by atoms with E-state index < -0.39 is 60.1 Å². The lowest BCUT2D eigenvalue weighted by Crippen LogP contribution is -2.56. The van der Waals surface area contributed by atoms with Crippen LogP contribution < -0.4 is 27.1 Å². The summed E-state index contributed by atoms with van der Waals surface area (Å²) in [7, 11) is 0. The lowest BCUT2D eigenvalue weighted by molar-refractivity contribution is -0.142. The number of carbonyl (C=O) groups excluding carboxylic acids is 6. The van der Waals surface area contributed by atoms with E-state index in [0.29, 0.717) is 10.6 Å². The molecular weight excluding hydrogens is 539 g/mol. The molecule has 6 N–H and O–H groups in total. The molecule has 0 aromatic heterocycles. The molecule has 13 nitrogen and oxygen atoms in total. The third-order valence-corrected chi connectivity index (χ3v) is 5.27. The first-order valence-electron chi connectivity index (χ1n) is 12.3. The van der Waals surface area contributed by atoms with E-state index in [1.54, 1.807) is 24.3 Å². The van der Waals surface area contributed by atoms with E-state index >= 15 is 0 Å². The monoisotopic (exact) mass is 570 g/mol. The van der Waals surface area contributed by atoms with Gasteiger partial charge in [0.15, 0.2) is 0 Å². The summed E-state index contributed by atoms with van der Waals surface area (Å²) in [5, 5.41) is 7.76. The van der Waals surface area contributed by atoms with E-state index in [0.717, 1.165) is 17.7 Å². The highest BCUT2D eigenvalue weighted by Crippen LogP contribution is 2.03. The summed E-state index contributed by atoms with van der Waals surface area (Å²) in [5.74, 6) is -4.63. The first-order valence-corrected chi connectivity index (χ1v) is 12.3. The average molecular weight is 571 g/mol. The molecule has 0 fully saturated rings. The van der Waals surface area contributed by atoms with E-state index in [4.69, 9.17) is 10.5 Å². The van der Waals surface area contributed by atoms with E-state index in [9.17, 15) is 33.2 Å². The maximum Gasteiger partial charge on any atom is 0.408 e. The summed E-state index contributed by atoms with van der Waals surface area (Å²) < 4.78 is 18.0. The predicted molar refractivity (Wildman–Crippen MR) is 143 cm³/mol. The Bertz CT molecular complexity index is 1270. The summed E-state index contributed by atoms with van der Waals surface area (Å²) in [5.41, 5.74) is 8.68. The standard InChI is InChI=1S/C27H31FN6O7/c1-17(32-27(40)41-16-20-6-4-3-5-7-20)25(38)31-18(2)26(39)33-34(15-22(29)35)24(37)13-12-23(36)30-14-19-8-10-21(28)11-9-19/h3-13,17-18H,14-16H2,1-2H3,(H2,29,35)(H,30,36)(H,31,38)(H,32,40)(H,33,39)/b13-12+. The minimum Gasteiger partial charge on any atom is -0.445 e. The summed E-state index contributed by atoms with van der Waals surface area (Å²) >= 11 is 0. The van der Waals surface area contributed by atoms with Crippen LogP contribution in [0, 0.1) is 5.82 Å². The fourth-order valence-corrected chi connectivity index (χ4v) is 3.06. The Kier molecular flexibility index (Phi) is 12.4. The highest BCUT2D eigenvalue weighted by molar-refractivity contribution is 5.99. The van der Waals surface area contributed by atoms with Crippen molar-refractivity contribution in [1.29, 1.82) is 0 Å². The number of benzene rings is 2. The minimum absolute atomic E-state index is 0.00605. The Labute approximate surface area is 235 Å². The highest BCUT2D eigenvalue weighted by Gasteiger charge is 2.24. The number of nitrogens with zero attached hydrogens (tertiary/aromatic N) is 1. The van der Waals surface area contributed by atoms with E-state index in [2.05, 4.69) is 21.4 Å². The van der Waals surface area contributed by atoms with Gasteiger partial charge in [-0.1, -0.05) is 42.5 Å². The Balaban J connectivity index is 1.85. The van der Waals surface area contributed by atoms with Crippen molar-refractivity contribution in [2.24, 2.45) is 5.73 Å². The van der Waals surface area contributed by atoms with Gasteiger partial charge in [0, 0.05) is 18.7 Å². The number of nitrogens with two attached hydrogens (primary N) is 1. The van der Waals surface area contributed by atoms with Crippen molar-refractivity contribution in [2.75, 3.05) is 6.54 Å². The maximum absolute atomic E-state index is 13.0. The maximum atomic E-state index is 13.0. The molecule has 0 bridgehead atoms. The smallest absolute Gasteiger partial charge is 0.408 e. The molecule has 14 heteroatoms. The molecule has 0 aliphatic carbocycles. The van der Waals surface area contributed by atoms with Crippen molar-refractivity contribution in [3.63, 3.8) is 0 Å². The second-order valence-electron chi connectivity index (χ2n) is 8.70. The fourth-order valence-electron chi connectivity index (χ4n) is 3.06. The summed E-state index contributed by atoms with van der Waals surface area (Å²) in [6, 6.07) is 12.0. The number of hydrogen-bond donors (Lipinski definition) is 5. The van der Waals surface area contributed by atoms with Crippen molar-refractivity contribution in [3.05, 3.63) is 83.7 Å². The largest absolute Gasteiger partial charge is 0.445 e. The molecule has 2 unspecified atom stereocenters. The number of nitrogens with one attached hydrogen (secondary N) is 4. The number of primary amides is 1. The fraction of sp³-hybridized carbons (Fsp3) is 0.259. The Morgan fingerprint density at radius 2 is 1.51 bits per heavy atom. The summed E-state index contributed by atoms with van der Waals surface area (Å²) in [6.07, 6.45) is 0.835. The quantitative estimate of drug-likeness (QED) is 0.177. The average Bonchev–Trinajstić information content (AvgIpc) is 2.94. The van der Waals surface area contributed by atoms with Crippen molar-refractivity contribution < 1.29 is 37.9 Å². The Morgan fingerprint density at radius 1 is 0.878 bits per heavy atom. The first kappa shape index (κ1) is 31.9. The van der Waals surface area contributed by atoms with Gasteiger partial charge in [-0.3, -0.25) is 29.4 Å². The lowest BCUT2D eigenvalue weighted by atomic mass is 10.2. The molecule has 6 amide bonds. The molecule has 2 aromatic carbocycles. The van der Waals surface area contributed by atoms with Gasteiger partial charge in [-0.25, -0.2) is 14.2 Å². The number of halogens is 1. The molecule has 2 aromatic rings. The van der Waals surface area contributed by atoms with Gasteiger partial charge in [-0.2, -0.15) is 0 Å². The van der Waals surface area contributed by atoms with E-state index in [1.807, 2.05) is 6.07 Å². The van der Waals surface area contributed by atoms with Crippen LogP contribution in [0.15, 0.2) is 66.7 Å². The molecule has 0 radical (unpaired) electrons. The minimum atomic E-state index is -1.21. The van der Waals surface area contributed by atoms with Crippen LogP contribution in [0.1, 0.15) is 25.0 Å². The van der Waals surface area contributed by atoms with Crippen LogP contribution in [-0.2, 0) is 41.9 Å². The predicted octanol–water partition coefficient (Wildman–Crippen LogP) is 0.163. The molecule has 218 valence electrons. The molecule has 2 rings (SSSR count). The summed E-state index contributed by atoms with van der Waals surface area (Å²) in [6.45, 7) is 2.01.